The van der Waals surface area contributed by atoms with Crippen molar-refractivity contribution in [1.29, 1.82) is 0 Å². The van der Waals surface area contributed by atoms with Crippen LogP contribution in [0.3, 0.4) is 0 Å². The van der Waals surface area contributed by atoms with Gasteiger partial charge >= 0.3 is 0 Å². The molecule has 0 amide bonds. The maximum Gasteiger partial charge on any atom is 0.161 e. The molecule has 2 nitrogen and oxygen atoms in total. The average Bonchev–Trinajstić information content (AvgIpc) is 2.25. The van der Waals surface area contributed by atoms with Crippen LogP contribution in [-0.4, -0.2) is 9.97 Å². The molecule has 1 aromatic carbocycles. The molecule has 0 radical (unpaired) electrons. The van der Waals surface area contributed by atoms with Crippen LogP contribution in [0, 0.1) is 17.4 Å². The molecule has 5 heteroatoms. The lowest BCUT2D eigenvalue weighted by atomic mass is 10.1. The topological polar surface area (TPSA) is 25.8 Å². The summed E-state index contributed by atoms with van der Waals surface area (Å²) in [6, 6.07) is 5.63. The van der Waals surface area contributed by atoms with Gasteiger partial charge in [-0.2, -0.15) is 0 Å². The van der Waals surface area contributed by atoms with E-state index in [0.29, 0.717) is 16.0 Å². The predicted octanol–water partition coefficient (Wildman–Crippen LogP) is 4.67. The summed E-state index contributed by atoms with van der Waals surface area (Å²) in [5.41, 5.74) is 2.87. The first kappa shape index (κ1) is 13.1. The summed E-state index contributed by atoms with van der Waals surface area (Å²) in [6.07, 6.45) is 0. The Hall–Kier alpha value is -0.390. The highest BCUT2D eigenvalue weighted by Gasteiger charge is 2.11. The third-order valence-corrected chi connectivity index (χ3v) is 4.52. The Balaban J connectivity index is 2.61. The Kier molecular flexibility index (Phi) is 3.90. The predicted molar refractivity (Wildman–Crippen MR) is 79.7 cm³/mol. The zero-order valence-corrected chi connectivity index (χ0v) is 12.9. The third-order valence-electron chi connectivity index (χ3n) is 2.41. The zero-order chi connectivity index (χ0) is 12.6. The van der Waals surface area contributed by atoms with Gasteiger partial charge in [0.2, 0.25) is 0 Å². The number of hydrogen-bond acceptors (Lipinski definition) is 2. The summed E-state index contributed by atoms with van der Waals surface area (Å²) in [6.45, 7) is 3.90. The van der Waals surface area contributed by atoms with Crippen molar-refractivity contribution < 1.29 is 0 Å². The number of halogens is 3. The smallest absolute Gasteiger partial charge is 0.161 e. The van der Waals surface area contributed by atoms with Crippen molar-refractivity contribution in [2.45, 2.75) is 13.8 Å². The lowest BCUT2D eigenvalue weighted by Crippen LogP contribution is -1.97. The van der Waals surface area contributed by atoms with Gasteiger partial charge in [0.05, 0.1) is 9.26 Å². The van der Waals surface area contributed by atoms with E-state index in [1.807, 2.05) is 32.0 Å². The monoisotopic (exact) mass is 378 g/mol. The minimum Gasteiger partial charge on any atom is -0.232 e. The minimum absolute atomic E-state index is 0.488. The normalized spacial score (nSPS) is 10.6. The molecule has 0 saturated carbocycles. The van der Waals surface area contributed by atoms with Crippen LogP contribution in [0.5, 0.6) is 0 Å². The van der Waals surface area contributed by atoms with E-state index in [1.165, 1.54) is 0 Å². The molecule has 2 aromatic rings. The van der Waals surface area contributed by atoms with E-state index >= 15 is 0 Å². The van der Waals surface area contributed by atoms with E-state index < -0.39 is 0 Å². The molecule has 0 N–H and O–H groups in total. The highest BCUT2D eigenvalue weighted by atomic mass is 127. The second kappa shape index (κ2) is 5.08. The summed E-state index contributed by atoms with van der Waals surface area (Å²) in [4.78, 5) is 8.75. The van der Waals surface area contributed by atoms with E-state index in [2.05, 4.69) is 32.6 Å². The summed E-state index contributed by atoms with van der Waals surface area (Å²) < 4.78 is 0.889. The number of benzene rings is 1. The number of rotatable bonds is 1. The molecule has 0 saturated heterocycles. The second-order valence-electron chi connectivity index (χ2n) is 3.70. The van der Waals surface area contributed by atoms with Crippen molar-refractivity contribution in [3.05, 3.63) is 43.2 Å². The summed E-state index contributed by atoms with van der Waals surface area (Å²) in [7, 11) is 0. The zero-order valence-electron chi connectivity index (χ0n) is 9.26. The molecule has 0 fully saturated rings. The molecule has 1 heterocycles. The van der Waals surface area contributed by atoms with Crippen LogP contribution in [0.1, 0.15) is 11.3 Å². The first-order valence-electron chi connectivity index (χ1n) is 4.95. The molecule has 0 bridgehead atoms. The van der Waals surface area contributed by atoms with Gasteiger partial charge in [0.15, 0.2) is 5.82 Å². The van der Waals surface area contributed by atoms with Gasteiger partial charge < -0.3 is 0 Å². The Morgan fingerprint density at radius 1 is 1.12 bits per heavy atom. The largest absolute Gasteiger partial charge is 0.232 e. The van der Waals surface area contributed by atoms with Gasteiger partial charge in [-0.05, 0) is 60.2 Å². The maximum absolute atomic E-state index is 6.07. The van der Waals surface area contributed by atoms with Crippen molar-refractivity contribution in [3.63, 3.8) is 0 Å². The fourth-order valence-electron chi connectivity index (χ4n) is 1.52. The molecule has 2 rings (SSSR count). The Morgan fingerprint density at radius 3 is 2.41 bits per heavy atom. The van der Waals surface area contributed by atoms with E-state index in [9.17, 15) is 0 Å². The van der Waals surface area contributed by atoms with Crippen molar-refractivity contribution in [3.8, 4) is 11.4 Å². The summed E-state index contributed by atoms with van der Waals surface area (Å²) >= 11 is 14.1. The number of hydrogen-bond donors (Lipinski definition) is 0. The molecule has 1 aromatic heterocycles. The van der Waals surface area contributed by atoms with Crippen LogP contribution in [0.15, 0.2) is 18.2 Å². The third kappa shape index (κ3) is 2.72. The Labute approximate surface area is 124 Å². The van der Waals surface area contributed by atoms with Crippen LogP contribution >= 0.6 is 45.8 Å². The lowest BCUT2D eigenvalue weighted by molar-refractivity contribution is 1.09. The van der Waals surface area contributed by atoms with E-state index in [0.717, 1.165) is 20.4 Å². The first-order chi connectivity index (χ1) is 7.99. The Bertz CT molecular complexity index is 562. The van der Waals surface area contributed by atoms with E-state index in [-0.39, 0.29) is 0 Å². The quantitative estimate of drug-likeness (QED) is 0.532. The molecule has 88 valence electrons. The number of aryl methyl sites for hydroxylation is 2. The highest BCUT2D eigenvalue weighted by molar-refractivity contribution is 14.1. The summed E-state index contributed by atoms with van der Waals surface area (Å²) in [5.74, 6) is 0.641. The van der Waals surface area contributed by atoms with Crippen molar-refractivity contribution in [2.24, 2.45) is 0 Å². The molecule has 0 spiro atoms. The van der Waals surface area contributed by atoms with Crippen LogP contribution in [0.4, 0.5) is 0 Å². The lowest BCUT2D eigenvalue weighted by Gasteiger charge is -2.07. The second-order valence-corrected chi connectivity index (χ2v) is 5.57. The maximum atomic E-state index is 6.07. The van der Waals surface area contributed by atoms with Crippen molar-refractivity contribution in [1.82, 2.24) is 9.97 Å². The molecular weight excluding hydrogens is 370 g/mol. The van der Waals surface area contributed by atoms with Crippen LogP contribution in [0.25, 0.3) is 11.4 Å². The number of aromatic nitrogens is 2. The van der Waals surface area contributed by atoms with Gasteiger partial charge in [0.25, 0.3) is 0 Å². The van der Waals surface area contributed by atoms with Crippen molar-refractivity contribution >= 4 is 45.8 Å². The fraction of sp³-hybridized carbons (Fsp3) is 0.167. The van der Waals surface area contributed by atoms with Crippen LogP contribution in [0.2, 0.25) is 10.2 Å². The van der Waals surface area contributed by atoms with E-state index in [4.69, 9.17) is 23.2 Å². The standard InChI is InChI=1S/C12H9Cl2IN2/c1-6-5-8(13)3-4-9(6)12-16-7(2)10(15)11(14)17-12/h3-5H,1-2H3. The first-order valence-corrected chi connectivity index (χ1v) is 6.78. The number of nitrogens with zero attached hydrogens (tertiary/aromatic N) is 2. The fourth-order valence-corrected chi connectivity index (χ4v) is 2.21. The highest BCUT2D eigenvalue weighted by Crippen LogP contribution is 2.27. The molecular formula is C12H9Cl2IN2. The minimum atomic E-state index is 0.488. The molecule has 0 aliphatic carbocycles. The molecule has 0 unspecified atom stereocenters. The van der Waals surface area contributed by atoms with Crippen LogP contribution < -0.4 is 0 Å². The molecule has 0 aliphatic rings. The van der Waals surface area contributed by atoms with E-state index in [1.54, 1.807) is 0 Å². The van der Waals surface area contributed by atoms with Gasteiger partial charge in [0.1, 0.15) is 5.15 Å². The Morgan fingerprint density at radius 2 is 1.82 bits per heavy atom. The summed E-state index contributed by atoms with van der Waals surface area (Å²) in [5, 5.41) is 1.20. The molecule has 0 aliphatic heterocycles. The van der Waals surface area contributed by atoms with Crippen molar-refractivity contribution in [2.75, 3.05) is 0 Å². The van der Waals surface area contributed by atoms with Gasteiger partial charge in [-0.3, -0.25) is 0 Å². The average molecular weight is 379 g/mol. The van der Waals surface area contributed by atoms with Gasteiger partial charge in [-0.15, -0.1) is 0 Å². The van der Waals surface area contributed by atoms with Gasteiger partial charge in [-0.25, -0.2) is 9.97 Å². The van der Waals surface area contributed by atoms with Crippen LogP contribution in [-0.2, 0) is 0 Å². The molecule has 0 atom stereocenters. The van der Waals surface area contributed by atoms with Gasteiger partial charge in [0, 0.05) is 10.6 Å². The SMILES string of the molecule is Cc1cc(Cl)ccc1-c1nc(C)c(I)c(Cl)n1. The molecule has 17 heavy (non-hydrogen) atoms. The van der Waals surface area contributed by atoms with Gasteiger partial charge in [-0.1, -0.05) is 23.2 Å².